The number of nitriles is 1. The van der Waals surface area contributed by atoms with Gasteiger partial charge >= 0.3 is 0 Å². The van der Waals surface area contributed by atoms with Crippen LogP contribution in [0.25, 0.3) is 0 Å². The minimum atomic E-state index is -0.820. The molecule has 0 unspecified atom stereocenters. The van der Waals surface area contributed by atoms with Gasteiger partial charge in [0.2, 0.25) is 5.91 Å². The normalized spacial score (nSPS) is 16.7. The summed E-state index contributed by atoms with van der Waals surface area (Å²) < 4.78 is 0. The number of aryl methyl sites for hydroxylation is 2. The molecule has 2 N–H and O–H groups in total. The minimum absolute atomic E-state index is 0.0754. The Balaban J connectivity index is 1.62. The van der Waals surface area contributed by atoms with Crippen LogP contribution in [0.3, 0.4) is 0 Å². The molecule has 242 valence electrons. The zero-order chi connectivity index (χ0) is 33.2. The summed E-state index contributed by atoms with van der Waals surface area (Å²) in [6, 6.07) is 13.6. The molecule has 11 nitrogen and oxygen atoms in total. The van der Waals surface area contributed by atoms with Gasteiger partial charge in [-0.3, -0.25) is 14.4 Å². The third kappa shape index (κ3) is 6.14. The maximum atomic E-state index is 13.1. The van der Waals surface area contributed by atoms with Gasteiger partial charge in [-0.2, -0.15) is 5.26 Å². The van der Waals surface area contributed by atoms with E-state index in [1.165, 1.54) is 0 Å². The van der Waals surface area contributed by atoms with Gasteiger partial charge in [0.05, 0.1) is 18.0 Å². The predicted molar refractivity (Wildman–Crippen MR) is 175 cm³/mol. The van der Waals surface area contributed by atoms with Crippen molar-refractivity contribution in [2.45, 2.75) is 63.3 Å². The van der Waals surface area contributed by atoms with Gasteiger partial charge in [-0.1, -0.05) is 26.0 Å². The molecule has 2 aromatic carbocycles. The van der Waals surface area contributed by atoms with E-state index < -0.39 is 5.41 Å². The maximum absolute atomic E-state index is 13.1. The second-order valence-electron chi connectivity index (χ2n) is 13.1. The standard InChI is InChI=1S/C35H44N8O3/c1-22(2)31-38-34(40-39-31)35(15-16-37-21-30(44)43-17-7-8-27(43)20-36)28-13-11-25(32(45)41(3)4)18-23(28)9-10-24-19-26(12-14-29(24)35)33(46)42(5)6/h11-14,18-19,22,27,37H,7-10,15-17,21H2,1-6H3,(H,38,39,40)/t27-/m0/s1. The van der Waals surface area contributed by atoms with Crippen LogP contribution in [0.1, 0.15) is 93.6 Å². The Morgan fingerprint density at radius 3 is 2.09 bits per heavy atom. The Kier molecular flexibility index (Phi) is 9.58. The van der Waals surface area contributed by atoms with Crippen molar-refractivity contribution in [3.05, 3.63) is 81.4 Å². The van der Waals surface area contributed by atoms with Gasteiger partial charge in [0.1, 0.15) is 17.7 Å². The van der Waals surface area contributed by atoms with Crippen LogP contribution in [0.15, 0.2) is 36.4 Å². The van der Waals surface area contributed by atoms with Crippen molar-refractivity contribution in [3.8, 4) is 6.07 Å². The summed E-state index contributed by atoms with van der Waals surface area (Å²) in [5.74, 6) is 1.33. The first-order chi connectivity index (χ1) is 22.0. The van der Waals surface area contributed by atoms with Gasteiger partial charge in [0, 0.05) is 51.8 Å². The van der Waals surface area contributed by atoms with E-state index in [1.807, 2.05) is 36.4 Å². The number of hydrogen-bond acceptors (Lipinski definition) is 7. The lowest BCUT2D eigenvalue weighted by Crippen LogP contribution is -2.42. The number of aromatic nitrogens is 3. The van der Waals surface area contributed by atoms with E-state index in [0.717, 1.165) is 34.5 Å². The summed E-state index contributed by atoms with van der Waals surface area (Å²) in [4.78, 5) is 47.5. The van der Waals surface area contributed by atoms with Crippen molar-refractivity contribution in [2.75, 3.05) is 47.8 Å². The van der Waals surface area contributed by atoms with Crippen molar-refractivity contribution >= 4 is 17.7 Å². The van der Waals surface area contributed by atoms with Gasteiger partial charge in [0.15, 0.2) is 0 Å². The quantitative estimate of drug-likeness (QED) is 0.349. The highest BCUT2D eigenvalue weighted by atomic mass is 16.2. The molecular formula is C35H44N8O3. The zero-order valence-electron chi connectivity index (χ0n) is 27.7. The number of nitrogens with one attached hydrogen (secondary N) is 2. The van der Waals surface area contributed by atoms with Crippen LogP contribution < -0.4 is 5.32 Å². The number of carbonyl (C=O) groups excluding carboxylic acids is 3. The number of amides is 3. The smallest absolute Gasteiger partial charge is 0.253 e. The van der Waals surface area contributed by atoms with Gasteiger partial charge in [-0.15, -0.1) is 10.2 Å². The van der Waals surface area contributed by atoms with Crippen LogP contribution in [-0.2, 0) is 23.1 Å². The van der Waals surface area contributed by atoms with Crippen molar-refractivity contribution in [1.82, 2.24) is 35.2 Å². The second kappa shape index (κ2) is 13.4. The molecule has 3 aromatic rings. The van der Waals surface area contributed by atoms with E-state index in [9.17, 15) is 19.6 Å². The van der Waals surface area contributed by atoms with Gasteiger partial charge in [-0.25, -0.2) is 0 Å². The lowest BCUT2D eigenvalue weighted by molar-refractivity contribution is -0.130. The van der Waals surface area contributed by atoms with E-state index in [1.54, 1.807) is 42.9 Å². The summed E-state index contributed by atoms with van der Waals surface area (Å²) in [5.41, 5.74) is 4.46. The molecule has 1 fully saturated rings. The highest BCUT2D eigenvalue weighted by molar-refractivity contribution is 5.95. The highest BCUT2D eigenvalue weighted by Gasteiger charge is 2.44. The summed E-state index contributed by atoms with van der Waals surface area (Å²) in [5, 5.41) is 22.1. The van der Waals surface area contributed by atoms with Crippen molar-refractivity contribution in [2.24, 2.45) is 0 Å². The molecule has 0 radical (unpaired) electrons. The van der Waals surface area contributed by atoms with E-state index in [4.69, 9.17) is 5.10 Å². The van der Waals surface area contributed by atoms with Crippen LogP contribution >= 0.6 is 0 Å². The molecule has 1 aliphatic heterocycles. The molecule has 5 rings (SSSR count). The zero-order valence-corrected chi connectivity index (χ0v) is 27.7. The number of aromatic amines is 1. The largest absolute Gasteiger partial charge is 0.345 e. The third-order valence-corrected chi connectivity index (χ3v) is 9.23. The van der Waals surface area contributed by atoms with Crippen LogP contribution in [0, 0.1) is 11.3 Å². The first kappa shape index (κ1) is 32.8. The van der Waals surface area contributed by atoms with Gasteiger partial charge in [0.25, 0.3) is 11.8 Å². The number of likely N-dealkylation sites (tertiary alicyclic amines) is 1. The Labute approximate surface area is 271 Å². The average molecular weight is 625 g/mol. The number of fused-ring (bicyclic) bond motifs is 2. The van der Waals surface area contributed by atoms with Crippen LogP contribution in [0.2, 0.25) is 0 Å². The van der Waals surface area contributed by atoms with E-state index in [2.05, 4.69) is 35.3 Å². The summed E-state index contributed by atoms with van der Waals surface area (Å²) in [7, 11) is 6.97. The summed E-state index contributed by atoms with van der Waals surface area (Å²) in [6.45, 7) is 5.30. The van der Waals surface area contributed by atoms with E-state index in [0.29, 0.717) is 55.7 Å². The van der Waals surface area contributed by atoms with Gasteiger partial charge < -0.3 is 25.0 Å². The Bertz CT molecular complexity index is 1600. The number of rotatable bonds is 9. The summed E-state index contributed by atoms with van der Waals surface area (Å²) in [6.07, 6.45) is 3.40. The molecular weight excluding hydrogens is 580 g/mol. The molecule has 46 heavy (non-hydrogen) atoms. The van der Waals surface area contributed by atoms with Crippen molar-refractivity contribution in [1.29, 1.82) is 5.26 Å². The molecule has 0 spiro atoms. The van der Waals surface area contributed by atoms with E-state index in [-0.39, 0.29) is 36.2 Å². The number of H-pyrrole nitrogens is 1. The predicted octanol–water partition coefficient (Wildman–Crippen LogP) is 3.26. The molecule has 11 heteroatoms. The lowest BCUT2D eigenvalue weighted by Gasteiger charge is -2.35. The molecule has 3 amide bonds. The monoisotopic (exact) mass is 624 g/mol. The SMILES string of the molecule is CC(C)c1nnc(C2(CCNCC(=O)N3CCC[C@H]3C#N)c3ccc(C(=O)N(C)C)cc3CCc3cc(C(=O)N(C)C)ccc32)[nH]1. The second-order valence-corrected chi connectivity index (χ2v) is 13.1. The van der Waals surface area contributed by atoms with Crippen LogP contribution in [0.4, 0.5) is 0 Å². The Hall–Kier alpha value is -4.56. The first-order valence-electron chi connectivity index (χ1n) is 16.0. The van der Waals surface area contributed by atoms with Crippen LogP contribution in [0.5, 0.6) is 0 Å². The topological polar surface area (TPSA) is 138 Å². The molecule has 1 aliphatic carbocycles. The van der Waals surface area contributed by atoms with Crippen molar-refractivity contribution in [3.63, 3.8) is 0 Å². The van der Waals surface area contributed by atoms with E-state index >= 15 is 0 Å². The molecule has 0 saturated carbocycles. The van der Waals surface area contributed by atoms with Gasteiger partial charge in [-0.05, 0) is 85.2 Å². The minimum Gasteiger partial charge on any atom is -0.345 e. The maximum Gasteiger partial charge on any atom is 0.253 e. The number of carbonyl (C=O) groups is 3. The molecule has 2 heterocycles. The lowest BCUT2D eigenvalue weighted by atomic mass is 9.69. The molecule has 1 saturated heterocycles. The first-order valence-corrected chi connectivity index (χ1v) is 16.0. The Morgan fingerprint density at radius 2 is 1.59 bits per heavy atom. The molecule has 1 atom stereocenters. The fraction of sp³-hybridized carbons (Fsp3) is 0.486. The Morgan fingerprint density at radius 1 is 1.00 bits per heavy atom. The highest BCUT2D eigenvalue weighted by Crippen LogP contribution is 2.46. The fourth-order valence-corrected chi connectivity index (χ4v) is 6.77. The number of benzene rings is 2. The molecule has 2 aliphatic rings. The summed E-state index contributed by atoms with van der Waals surface area (Å²) >= 11 is 0. The molecule has 1 aromatic heterocycles. The fourth-order valence-electron chi connectivity index (χ4n) is 6.77. The number of hydrogen-bond donors (Lipinski definition) is 2. The van der Waals surface area contributed by atoms with Crippen LogP contribution in [-0.4, -0.2) is 101 Å². The third-order valence-electron chi connectivity index (χ3n) is 9.23. The average Bonchev–Trinajstić information content (AvgIpc) is 3.72. The molecule has 0 bridgehead atoms. The number of nitrogens with zero attached hydrogens (tertiary/aromatic N) is 6. The van der Waals surface area contributed by atoms with Crippen molar-refractivity contribution < 1.29 is 14.4 Å².